The van der Waals surface area contributed by atoms with Gasteiger partial charge in [0, 0.05) is 52.1 Å². The summed E-state index contributed by atoms with van der Waals surface area (Å²) in [6.45, 7) is 3.47. The number of rotatable bonds is 8. The Morgan fingerprint density at radius 3 is 1.97 bits per heavy atom. The number of nitrogens with one attached hydrogen (secondary N) is 1. The molecule has 4 saturated carbocycles. The standard InChI is InChI=1S/C18H20N2OS.C10H14N2S/c1-12-4-2-3-5-14(12)16(21)19-11-18(8-9-18)17-20-15(10-22-17)13-6-7-13;11-6-10(3-4-10)9-12-8(5-13-9)7-1-2-7/h2-5,10,13H,6-9,11H2,1H3,(H,19,21);5,7H,1-4,6,11H2. The van der Waals surface area contributed by atoms with Gasteiger partial charge in [0.15, 0.2) is 0 Å². The zero-order chi connectivity index (χ0) is 24.0. The number of aromatic nitrogens is 2. The number of carbonyl (C=O) groups is 1. The zero-order valence-corrected chi connectivity index (χ0v) is 22.0. The molecular formula is C28H34N4OS2. The molecule has 2 heterocycles. The molecule has 0 unspecified atom stereocenters. The minimum atomic E-state index is 0.0309. The topological polar surface area (TPSA) is 80.9 Å². The van der Waals surface area contributed by atoms with Crippen LogP contribution in [0.15, 0.2) is 35.0 Å². The Bertz CT molecular complexity index is 1220. The highest BCUT2D eigenvalue weighted by Crippen LogP contribution is 2.51. The molecule has 0 saturated heterocycles. The van der Waals surface area contributed by atoms with Crippen LogP contribution in [0.25, 0.3) is 0 Å². The van der Waals surface area contributed by atoms with Crippen LogP contribution in [0.2, 0.25) is 0 Å². The van der Waals surface area contributed by atoms with Crippen LogP contribution in [0.3, 0.4) is 0 Å². The molecule has 4 aliphatic carbocycles. The molecule has 35 heavy (non-hydrogen) atoms. The lowest BCUT2D eigenvalue weighted by atomic mass is 10.1. The number of nitrogens with zero attached hydrogens (tertiary/aromatic N) is 2. The Hall–Kier alpha value is -2.09. The van der Waals surface area contributed by atoms with Crippen molar-refractivity contribution >= 4 is 28.6 Å². The van der Waals surface area contributed by atoms with E-state index in [0.717, 1.165) is 36.4 Å². The summed E-state index contributed by atoms with van der Waals surface area (Å²) in [5, 5.41) is 10.1. The average molecular weight is 507 g/mol. The molecule has 1 aromatic carbocycles. The van der Waals surface area contributed by atoms with Gasteiger partial charge >= 0.3 is 0 Å². The van der Waals surface area contributed by atoms with E-state index < -0.39 is 0 Å². The van der Waals surface area contributed by atoms with E-state index in [1.807, 2.05) is 42.5 Å². The minimum Gasteiger partial charge on any atom is -0.351 e. The summed E-state index contributed by atoms with van der Waals surface area (Å²) in [5.74, 6) is 1.53. The molecule has 1 amide bonds. The molecule has 0 spiro atoms. The Morgan fingerprint density at radius 1 is 0.943 bits per heavy atom. The van der Waals surface area contributed by atoms with Crippen molar-refractivity contribution in [2.75, 3.05) is 13.1 Å². The van der Waals surface area contributed by atoms with Crippen molar-refractivity contribution in [3.8, 4) is 0 Å². The lowest BCUT2D eigenvalue weighted by Crippen LogP contribution is -2.32. The van der Waals surface area contributed by atoms with Gasteiger partial charge in [0.25, 0.3) is 5.91 Å². The van der Waals surface area contributed by atoms with Gasteiger partial charge in [-0.3, -0.25) is 4.79 Å². The number of hydrogen-bond donors (Lipinski definition) is 2. The molecule has 0 bridgehead atoms. The highest BCUT2D eigenvalue weighted by atomic mass is 32.1. The van der Waals surface area contributed by atoms with Gasteiger partial charge in [-0.25, -0.2) is 9.97 Å². The summed E-state index contributed by atoms with van der Waals surface area (Å²) in [6.07, 6.45) is 10.1. The normalized spacial score (nSPS) is 21.1. The van der Waals surface area contributed by atoms with E-state index in [9.17, 15) is 4.79 Å². The number of benzene rings is 1. The van der Waals surface area contributed by atoms with E-state index >= 15 is 0 Å². The first-order valence-electron chi connectivity index (χ1n) is 13.0. The van der Waals surface area contributed by atoms with Gasteiger partial charge in [-0.1, -0.05) is 18.2 Å². The van der Waals surface area contributed by atoms with Crippen molar-refractivity contribution in [3.05, 3.63) is 67.6 Å². The fraction of sp³-hybridized carbons (Fsp3) is 0.536. The Morgan fingerprint density at radius 2 is 1.49 bits per heavy atom. The maximum Gasteiger partial charge on any atom is 0.251 e. The summed E-state index contributed by atoms with van der Waals surface area (Å²) in [6, 6.07) is 7.74. The number of aryl methyl sites for hydroxylation is 1. The molecule has 4 aliphatic rings. The molecule has 184 valence electrons. The number of carbonyl (C=O) groups excluding carboxylic acids is 1. The molecule has 3 N–H and O–H groups in total. The fourth-order valence-electron chi connectivity index (χ4n) is 4.64. The van der Waals surface area contributed by atoms with Crippen molar-refractivity contribution in [1.82, 2.24) is 15.3 Å². The predicted octanol–water partition coefficient (Wildman–Crippen LogP) is 5.80. The largest absolute Gasteiger partial charge is 0.351 e. The Balaban J connectivity index is 0.000000149. The average Bonchev–Trinajstić information content (AvgIpc) is 3.71. The molecule has 4 fully saturated rings. The quantitative estimate of drug-likeness (QED) is 0.404. The number of hydrogen-bond acceptors (Lipinski definition) is 6. The van der Waals surface area contributed by atoms with Crippen LogP contribution in [0.4, 0.5) is 0 Å². The van der Waals surface area contributed by atoms with E-state index in [4.69, 9.17) is 15.7 Å². The van der Waals surface area contributed by atoms with Gasteiger partial charge in [0.05, 0.1) is 11.4 Å². The van der Waals surface area contributed by atoms with Crippen molar-refractivity contribution in [1.29, 1.82) is 0 Å². The van der Waals surface area contributed by atoms with E-state index in [1.165, 1.54) is 59.9 Å². The SMILES string of the molecule is Cc1ccccc1C(=O)NCC1(c2nc(C3CC3)cs2)CC1.NCC1(c2nc(C3CC3)cs2)CC1. The first kappa shape index (κ1) is 23.3. The van der Waals surface area contributed by atoms with Gasteiger partial charge < -0.3 is 11.1 Å². The van der Waals surface area contributed by atoms with Crippen LogP contribution in [-0.4, -0.2) is 29.0 Å². The van der Waals surface area contributed by atoms with E-state index in [2.05, 4.69) is 16.1 Å². The first-order valence-corrected chi connectivity index (χ1v) is 14.7. The van der Waals surface area contributed by atoms with Gasteiger partial charge in [-0.2, -0.15) is 0 Å². The molecule has 7 rings (SSSR count). The molecule has 5 nitrogen and oxygen atoms in total. The molecule has 0 aliphatic heterocycles. The maximum atomic E-state index is 12.4. The smallest absolute Gasteiger partial charge is 0.251 e. The second kappa shape index (κ2) is 9.09. The lowest BCUT2D eigenvalue weighted by molar-refractivity contribution is 0.0949. The molecular weight excluding hydrogens is 472 g/mol. The van der Waals surface area contributed by atoms with Crippen LogP contribution in [0, 0.1) is 6.92 Å². The third kappa shape index (κ3) is 4.95. The van der Waals surface area contributed by atoms with Gasteiger partial charge in [0.2, 0.25) is 0 Å². The van der Waals surface area contributed by atoms with Crippen LogP contribution in [0.5, 0.6) is 0 Å². The Labute approximate surface area is 215 Å². The van der Waals surface area contributed by atoms with Crippen LogP contribution < -0.4 is 11.1 Å². The monoisotopic (exact) mass is 506 g/mol. The highest BCUT2D eigenvalue weighted by Gasteiger charge is 2.48. The predicted molar refractivity (Wildman–Crippen MR) is 143 cm³/mol. The molecule has 0 radical (unpaired) electrons. The van der Waals surface area contributed by atoms with E-state index in [1.54, 1.807) is 11.3 Å². The minimum absolute atomic E-state index is 0.0309. The third-order valence-corrected chi connectivity index (χ3v) is 10.2. The van der Waals surface area contributed by atoms with Crippen molar-refractivity contribution in [3.63, 3.8) is 0 Å². The van der Waals surface area contributed by atoms with E-state index in [0.29, 0.717) is 17.9 Å². The second-order valence-corrected chi connectivity index (χ2v) is 12.7. The summed E-state index contributed by atoms with van der Waals surface area (Å²) >= 11 is 3.60. The van der Waals surface area contributed by atoms with Crippen LogP contribution in [0.1, 0.15) is 101 Å². The number of thiazole rings is 2. The van der Waals surface area contributed by atoms with E-state index in [-0.39, 0.29) is 11.3 Å². The molecule has 0 atom stereocenters. The third-order valence-electron chi connectivity index (χ3n) is 8.02. The number of nitrogens with two attached hydrogens (primary N) is 1. The first-order chi connectivity index (χ1) is 17.0. The Kier molecular flexibility index (Phi) is 6.06. The van der Waals surface area contributed by atoms with Crippen molar-refractivity contribution in [2.45, 2.75) is 81.0 Å². The summed E-state index contributed by atoms with van der Waals surface area (Å²) in [7, 11) is 0. The van der Waals surface area contributed by atoms with Gasteiger partial charge in [-0.15, -0.1) is 22.7 Å². The maximum absolute atomic E-state index is 12.4. The lowest BCUT2D eigenvalue weighted by Gasteiger charge is -2.14. The van der Waals surface area contributed by atoms with Crippen LogP contribution >= 0.6 is 22.7 Å². The molecule has 3 aromatic rings. The van der Waals surface area contributed by atoms with Crippen molar-refractivity contribution < 1.29 is 4.79 Å². The zero-order valence-electron chi connectivity index (χ0n) is 20.4. The number of amides is 1. The van der Waals surface area contributed by atoms with Crippen molar-refractivity contribution in [2.24, 2.45) is 5.73 Å². The summed E-state index contributed by atoms with van der Waals surface area (Å²) in [4.78, 5) is 21.9. The summed E-state index contributed by atoms with van der Waals surface area (Å²) < 4.78 is 0. The fourth-order valence-corrected chi connectivity index (χ4v) is 6.97. The molecule has 7 heteroatoms. The van der Waals surface area contributed by atoms with Gasteiger partial charge in [-0.05, 0) is 69.9 Å². The van der Waals surface area contributed by atoms with Crippen LogP contribution in [-0.2, 0) is 10.8 Å². The molecule has 2 aromatic heterocycles. The summed E-state index contributed by atoms with van der Waals surface area (Å²) in [5.41, 5.74) is 10.6. The second-order valence-electron chi connectivity index (χ2n) is 11.0. The van der Waals surface area contributed by atoms with Gasteiger partial charge in [0.1, 0.15) is 10.0 Å². The highest BCUT2D eigenvalue weighted by molar-refractivity contribution is 7.10.